The van der Waals surface area contributed by atoms with Crippen molar-refractivity contribution < 1.29 is 39.8 Å². The van der Waals surface area contributed by atoms with E-state index in [1.165, 1.54) is 250 Å². The van der Waals surface area contributed by atoms with Crippen LogP contribution in [0.5, 0.6) is 0 Å². The lowest BCUT2D eigenvalue weighted by Crippen LogP contribution is -2.60. The van der Waals surface area contributed by atoms with Crippen molar-refractivity contribution in [3.63, 3.8) is 0 Å². The van der Waals surface area contributed by atoms with Crippen LogP contribution in [0.4, 0.5) is 0 Å². The van der Waals surface area contributed by atoms with Crippen LogP contribution in [0, 0.1) is 0 Å². The number of hydrogen-bond acceptors (Lipinski definition) is 8. The zero-order valence-corrected chi connectivity index (χ0v) is 48.6. The Hall–Kier alpha value is -1.59. The minimum Gasteiger partial charge on any atom is -0.394 e. The molecule has 0 aromatic heterocycles. The lowest BCUT2D eigenvalue weighted by atomic mass is 9.99. The average Bonchev–Trinajstić information content (AvgIpc) is 3.40. The summed E-state index contributed by atoms with van der Waals surface area (Å²) in [4.78, 5) is 13.1. The van der Waals surface area contributed by atoms with Crippen LogP contribution < -0.4 is 5.32 Å². The Morgan fingerprint density at radius 3 is 1.19 bits per heavy atom. The molecule has 0 saturated carbocycles. The molecule has 1 amide bonds. The van der Waals surface area contributed by atoms with Gasteiger partial charge in [-0.15, -0.1) is 0 Å². The largest absolute Gasteiger partial charge is 0.394 e. The molecule has 1 aliphatic heterocycles. The number of aliphatic hydroxyl groups excluding tert-OH is 5. The van der Waals surface area contributed by atoms with Gasteiger partial charge in [-0.1, -0.05) is 294 Å². The second-order valence-electron chi connectivity index (χ2n) is 22.6. The Balaban J connectivity index is 2.14. The van der Waals surface area contributed by atoms with Gasteiger partial charge in [-0.05, 0) is 51.4 Å². The van der Waals surface area contributed by atoms with Crippen LogP contribution in [-0.2, 0) is 14.3 Å². The van der Waals surface area contributed by atoms with Crippen molar-refractivity contribution in [1.29, 1.82) is 0 Å². The summed E-state index contributed by atoms with van der Waals surface area (Å²) >= 11 is 0. The molecule has 1 heterocycles. The molecule has 0 aromatic rings. The normalized spacial score (nSPS) is 19.1. The highest BCUT2D eigenvalue weighted by Crippen LogP contribution is 2.23. The van der Waals surface area contributed by atoms with E-state index >= 15 is 0 Å². The van der Waals surface area contributed by atoms with E-state index in [0.29, 0.717) is 6.42 Å². The number of hydrogen-bond donors (Lipinski definition) is 6. The van der Waals surface area contributed by atoms with Crippen LogP contribution in [-0.4, -0.2) is 87.5 Å². The van der Waals surface area contributed by atoms with Gasteiger partial charge >= 0.3 is 0 Å². The van der Waals surface area contributed by atoms with Crippen LogP contribution >= 0.6 is 0 Å². The number of rotatable bonds is 56. The summed E-state index contributed by atoms with van der Waals surface area (Å²) in [5.41, 5.74) is 0. The van der Waals surface area contributed by atoms with Gasteiger partial charge in [-0.2, -0.15) is 0 Å². The molecule has 6 N–H and O–H groups in total. The molecule has 0 spiro atoms. The average molecular weight is 1050 g/mol. The van der Waals surface area contributed by atoms with Gasteiger partial charge in [0.25, 0.3) is 0 Å². The number of amides is 1. The molecule has 1 aliphatic rings. The Labute approximate surface area is 457 Å². The van der Waals surface area contributed by atoms with Gasteiger partial charge in [0.15, 0.2) is 6.29 Å². The zero-order chi connectivity index (χ0) is 53.6. The van der Waals surface area contributed by atoms with Gasteiger partial charge in [-0.3, -0.25) is 4.79 Å². The number of carbonyl (C=O) groups excluding carboxylic acids is 1. The Morgan fingerprint density at radius 1 is 0.459 bits per heavy atom. The maximum Gasteiger partial charge on any atom is 0.220 e. The summed E-state index contributed by atoms with van der Waals surface area (Å²) in [6.07, 6.45) is 65.2. The molecule has 0 aliphatic carbocycles. The third-order valence-electron chi connectivity index (χ3n) is 15.5. The molecule has 0 radical (unpaired) electrons. The zero-order valence-electron chi connectivity index (χ0n) is 48.6. The summed E-state index contributed by atoms with van der Waals surface area (Å²) in [5.74, 6) is -0.178. The first kappa shape index (κ1) is 70.4. The third kappa shape index (κ3) is 43.4. The number of ether oxygens (including phenoxy) is 2. The van der Waals surface area contributed by atoms with E-state index in [2.05, 4.69) is 43.5 Å². The second-order valence-corrected chi connectivity index (χ2v) is 22.6. The van der Waals surface area contributed by atoms with Gasteiger partial charge in [0.2, 0.25) is 5.91 Å². The van der Waals surface area contributed by atoms with Crippen LogP contribution in [0.3, 0.4) is 0 Å². The molecule has 1 saturated heterocycles. The van der Waals surface area contributed by atoms with Gasteiger partial charge in [-0.25, -0.2) is 0 Å². The van der Waals surface area contributed by atoms with E-state index in [1.54, 1.807) is 6.08 Å². The molecule has 7 atom stereocenters. The first-order chi connectivity index (χ1) is 36.3. The highest BCUT2D eigenvalue weighted by atomic mass is 16.7. The van der Waals surface area contributed by atoms with Crippen LogP contribution in [0.2, 0.25) is 0 Å². The van der Waals surface area contributed by atoms with Crippen molar-refractivity contribution in [2.45, 2.75) is 358 Å². The quantitative estimate of drug-likeness (QED) is 0.0261. The summed E-state index contributed by atoms with van der Waals surface area (Å²) in [6, 6.07) is -0.808. The number of aliphatic hydroxyl groups is 5. The highest BCUT2D eigenvalue weighted by Gasteiger charge is 2.44. The number of allylic oxidation sites excluding steroid dienone is 5. The Kier molecular flexibility index (Phi) is 52.1. The van der Waals surface area contributed by atoms with Crippen molar-refractivity contribution in [1.82, 2.24) is 5.32 Å². The van der Waals surface area contributed by atoms with Crippen molar-refractivity contribution in [2.75, 3.05) is 13.2 Å². The predicted octanol–water partition coefficient (Wildman–Crippen LogP) is 16.7. The van der Waals surface area contributed by atoms with Gasteiger partial charge in [0.05, 0.1) is 25.4 Å². The molecule has 7 unspecified atom stereocenters. The lowest BCUT2D eigenvalue weighted by Gasteiger charge is -2.40. The SMILES string of the molecule is CCCCC/C=C\C/C=C\CCCCCCCCCCCC(=O)NC(COC1OC(CO)C(O)C(O)C1O)C(O)/C=C/CCCCCCCCCCCCCCCCCCCCCCCCCCCCCCCC. The van der Waals surface area contributed by atoms with Crippen molar-refractivity contribution in [2.24, 2.45) is 0 Å². The van der Waals surface area contributed by atoms with Gasteiger partial charge < -0.3 is 40.3 Å². The van der Waals surface area contributed by atoms with Gasteiger partial charge in [0.1, 0.15) is 24.4 Å². The lowest BCUT2D eigenvalue weighted by molar-refractivity contribution is -0.302. The summed E-state index contributed by atoms with van der Waals surface area (Å²) < 4.78 is 11.3. The first-order valence-corrected chi connectivity index (χ1v) is 32.2. The fraction of sp³-hybridized carbons (Fsp3) is 0.892. The molecule has 9 nitrogen and oxygen atoms in total. The highest BCUT2D eigenvalue weighted by molar-refractivity contribution is 5.76. The third-order valence-corrected chi connectivity index (χ3v) is 15.5. The molecule has 9 heteroatoms. The van der Waals surface area contributed by atoms with E-state index in [4.69, 9.17) is 9.47 Å². The van der Waals surface area contributed by atoms with Crippen LogP contribution in [0.1, 0.15) is 316 Å². The molecule has 1 rings (SSSR count). The van der Waals surface area contributed by atoms with Gasteiger partial charge in [0, 0.05) is 6.42 Å². The minimum absolute atomic E-state index is 0.178. The summed E-state index contributed by atoms with van der Waals surface area (Å²) in [5, 5.41) is 54.6. The summed E-state index contributed by atoms with van der Waals surface area (Å²) in [6.45, 7) is 3.79. The van der Waals surface area contributed by atoms with Crippen LogP contribution in [0.25, 0.3) is 0 Å². The smallest absolute Gasteiger partial charge is 0.220 e. The number of carbonyl (C=O) groups is 1. The second kappa shape index (κ2) is 54.8. The molecular weight excluding hydrogens is 923 g/mol. The fourth-order valence-electron chi connectivity index (χ4n) is 10.4. The molecule has 74 heavy (non-hydrogen) atoms. The summed E-state index contributed by atoms with van der Waals surface area (Å²) in [7, 11) is 0. The minimum atomic E-state index is -1.57. The van der Waals surface area contributed by atoms with E-state index in [-0.39, 0.29) is 12.5 Å². The van der Waals surface area contributed by atoms with Crippen molar-refractivity contribution >= 4 is 5.91 Å². The fourth-order valence-corrected chi connectivity index (χ4v) is 10.4. The Bertz CT molecular complexity index is 1260. The standard InChI is InChI=1S/C65H123NO8/c1-3-5-7-9-11-13-15-17-19-21-23-24-25-26-27-28-29-30-31-32-33-34-35-37-38-40-42-44-46-48-50-52-54-59(68)58(57-73-65-64(72)63(71)62(70)60(56-67)74-65)66-61(69)55-53-51-49-47-45-43-41-39-36-22-20-18-16-14-12-10-8-6-4-2/h12,14,18,20,52,54,58-60,62-65,67-68,70-72H,3-11,13,15-17,19,21-51,53,55-57H2,1-2H3,(H,66,69)/b14-12-,20-18-,54-52+. The van der Waals surface area contributed by atoms with E-state index < -0.39 is 49.5 Å². The van der Waals surface area contributed by atoms with E-state index in [9.17, 15) is 30.3 Å². The maximum absolute atomic E-state index is 13.1. The topological polar surface area (TPSA) is 149 Å². The molecule has 0 bridgehead atoms. The molecule has 436 valence electrons. The molecule has 0 aromatic carbocycles. The van der Waals surface area contributed by atoms with Crippen molar-refractivity contribution in [3.8, 4) is 0 Å². The number of unbranched alkanes of at least 4 members (excludes halogenated alkanes) is 42. The van der Waals surface area contributed by atoms with Crippen LogP contribution in [0.15, 0.2) is 36.5 Å². The first-order valence-electron chi connectivity index (χ1n) is 32.2. The molecule has 1 fully saturated rings. The molecular formula is C65H123NO8. The van der Waals surface area contributed by atoms with E-state index in [0.717, 1.165) is 44.9 Å². The maximum atomic E-state index is 13.1. The monoisotopic (exact) mass is 1050 g/mol. The Morgan fingerprint density at radius 2 is 0.797 bits per heavy atom. The van der Waals surface area contributed by atoms with Crippen molar-refractivity contribution in [3.05, 3.63) is 36.5 Å². The van der Waals surface area contributed by atoms with E-state index in [1.807, 2.05) is 6.08 Å². The predicted molar refractivity (Wildman–Crippen MR) is 313 cm³/mol. The number of nitrogens with one attached hydrogen (secondary N) is 1.